The van der Waals surface area contributed by atoms with Crippen LogP contribution in [0.1, 0.15) is 12.8 Å². The van der Waals surface area contributed by atoms with E-state index >= 15 is 0 Å². The van der Waals surface area contributed by atoms with E-state index in [1.807, 2.05) is 12.3 Å². The third kappa shape index (κ3) is 2.52. The number of anilines is 1. The summed E-state index contributed by atoms with van der Waals surface area (Å²) in [5.74, 6) is 0.730. The average molecular weight is 275 g/mol. The van der Waals surface area contributed by atoms with Crippen molar-refractivity contribution in [2.45, 2.75) is 18.9 Å². The van der Waals surface area contributed by atoms with Crippen molar-refractivity contribution >= 4 is 23.1 Å². The van der Waals surface area contributed by atoms with Gasteiger partial charge in [-0.15, -0.1) is 0 Å². The van der Waals surface area contributed by atoms with Gasteiger partial charge in [0.1, 0.15) is 11.3 Å². The summed E-state index contributed by atoms with van der Waals surface area (Å²) in [4.78, 5) is 25.0. The minimum atomic E-state index is -0.274. The number of rotatable bonds is 2. The minimum Gasteiger partial charge on any atom is -0.453 e. The zero-order valence-corrected chi connectivity index (χ0v) is 11.3. The van der Waals surface area contributed by atoms with Gasteiger partial charge in [0.15, 0.2) is 5.65 Å². The number of carbonyl (C=O) groups excluding carboxylic acids is 1. The fraction of sp³-hybridized carbons (Fsp3) is 0.462. The average Bonchev–Trinajstić information content (AvgIpc) is 2.94. The normalized spacial score (nSPS) is 19.1. The number of aromatic nitrogens is 3. The van der Waals surface area contributed by atoms with E-state index in [4.69, 9.17) is 4.74 Å². The number of H-pyrrole nitrogens is 1. The van der Waals surface area contributed by atoms with Gasteiger partial charge in [-0.25, -0.2) is 14.8 Å². The second-order valence-electron chi connectivity index (χ2n) is 4.87. The number of ether oxygens (including phenoxy) is 1. The molecule has 2 aromatic heterocycles. The quantitative estimate of drug-likeness (QED) is 0.869. The van der Waals surface area contributed by atoms with Crippen LogP contribution < -0.4 is 5.32 Å². The molecule has 3 heterocycles. The standard InChI is InChI=1S/C13H17N5O2/c1-20-13(19)18-6-2-3-9(8-18)16-11-7-15-12-10(17-11)4-5-14-12/h4-5,7,9H,2-3,6,8H2,1H3,(H,14,15)(H,16,17). The van der Waals surface area contributed by atoms with Crippen molar-refractivity contribution in [1.82, 2.24) is 19.9 Å². The van der Waals surface area contributed by atoms with Gasteiger partial charge in [0, 0.05) is 25.3 Å². The summed E-state index contributed by atoms with van der Waals surface area (Å²) in [6.45, 7) is 1.37. The Balaban J connectivity index is 1.68. The molecule has 0 saturated carbocycles. The van der Waals surface area contributed by atoms with Crippen molar-refractivity contribution in [3.63, 3.8) is 0 Å². The maximum atomic E-state index is 11.5. The number of nitrogens with one attached hydrogen (secondary N) is 2. The highest BCUT2D eigenvalue weighted by Gasteiger charge is 2.24. The van der Waals surface area contributed by atoms with Crippen LogP contribution in [0.2, 0.25) is 0 Å². The molecule has 0 radical (unpaired) electrons. The zero-order valence-electron chi connectivity index (χ0n) is 11.3. The summed E-state index contributed by atoms with van der Waals surface area (Å²) >= 11 is 0. The monoisotopic (exact) mass is 275 g/mol. The Morgan fingerprint density at radius 3 is 3.35 bits per heavy atom. The number of nitrogens with zero attached hydrogens (tertiary/aromatic N) is 3. The van der Waals surface area contributed by atoms with E-state index < -0.39 is 0 Å². The van der Waals surface area contributed by atoms with Gasteiger partial charge < -0.3 is 19.9 Å². The Kier molecular flexibility index (Phi) is 3.41. The second kappa shape index (κ2) is 5.36. The molecule has 1 aliphatic rings. The smallest absolute Gasteiger partial charge is 0.409 e. The van der Waals surface area contributed by atoms with E-state index in [1.54, 1.807) is 11.1 Å². The molecule has 1 amide bonds. The number of hydrogen-bond donors (Lipinski definition) is 2. The highest BCUT2D eigenvalue weighted by atomic mass is 16.5. The highest BCUT2D eigenvalue weighted by Crippen LogP contribution is 2.16. The van der Waals surface area contributed by atoms with Crippen LogP contribution in [-0.4, -0.2) is 52.2 Å². The molecule has 3 rings (SSSR count). The Hall–Kier alpha value is -2.31. The molecule has 1 fully saturated rings. The van der Waals surface area contributed by atoms with Crippen LogP contribution in [0.5, 0.6) is 0 Å². The Bertz CT molecular complexity index is 612. The summed E-state index contributed by atoms with van der Waals surface area (Å²) in [6, 6.07) is 2.06. The number of hydrogen-bond acceptors (Lipinski definition) is 5. The van der Waals surface area contributed by atoms with E-state index in [1.165, 1.54) is 7.11 Å². The number of piperidine rings is 1. The first kappa shape index (κ1) is 12.7. The fourth-order valence-electron chi connectivity index (χ4n) is 2.50. The molecule has 7 nitrogen and oxygen atoms in total. The van der Waals surface area contributed by atoms with Crippen LogP contribution in [0.3, 0.4) is 0 Å². The minimum absolute atomic E-state index is 0.175. The lowest BCUT2D eigenvalue weighted by Gasteiger charge is -2.32. The first-order valence-electron chi connectivity index (χ1n) is 6.66. The molecule has 0 aliphatic carbocycles. The molecular weight excluding hydrogens is 258 g/mol. The summed E-state index contributed by atoms with van der Waals surface area (Å²) in [5, 5.41) is 3.33. The van der Waals surface area contributed by atoms with E-state index in [0.29, 0.717) is 6.54 Å². The van der Waals surface area contributed by atoms with Gasteiger partial charge in [0.2, 0.25) is 0 Å². The molecule has 1 aliphatic heterocycles. The third-order valence-corrected chi connectivity index (χ3v) is 3.47. The van der Waals surface area contributed by atoms with Crippen LogP contribution in [0.15, 0.2) is 18.5 Å². The molecule has 2 N–H and O–H groups in total. The van der Waals surface area contributed by atoms with Crippen molar-refractivity contribution in [2.75, 3.05) is 25.5 Å². The molecule has 0 spiro atoms. The van der Waals surface area contributed by atoms with Gasteiger partial charge in [-0.05, 0) is 18.9 Å². The number of aromatic amines is 1. The molecule has 1 atom stereocenters. The lowest BCUT2D eigenvalue weighted by atomic mass is 10.1. The van der Waals surface area contributed by atoms with Crippen molar-refractivity contribution in [2.24, 2.45) is 0 Å². The molecule has 20 heavy (non-hydrogen) atoms. The van der Waals surface area contributed by atoms with E-state index in [0.717, 1.165) is 36.4 Å². The highest BCUT2D eigenvalue weighted by molar-refractivity contribution is 5.72. The van der Waals surface area contributed by atoms with Crippen LogP contribution in [0, 0.1) is 0 Å². The summed E-state index contributed by atoms with van der Waals surface area (Å²) in [6.07, 6.45) is 5.19. The molecular formula is C13H17N5O2. The largest absolute Gasteiger partial charge is 0.453 e. The number of fused-ring (bicyclic) bond motifs is 1. The maximum Gasteiger partial charge on any atom is 0.409 e. The van der Waals surface area contributed by atoms with Crippen LogP contribution in [0.25, 0.3) is 11.2 Å². The van der Waals surface area contributed by atoms with Crippen molar-refractivity contribution < 1.29 is 9.53 Å². The summed E-state index contributed by atoms with van der Waals surface area (Å²) in [7, 11) is 1.41. The predicted octanol–water partition coefficient (Wildman–Crippen LogP) is 1.60. The molecule has 2 aromatic rings. The van der Waals surface area contributed by atoms with Crippen molar-refractivity contribution in [3.05, 3.63) is 18.5 Å². The number of amides is 1. The van der Waals surface area contributed by atoms with Gasteiger partial charge in [0.05, 0.1) is 13.3 Å². The lowest BCUT2D eigenvalue weighted by Crippen LogP contribution is -2.45. The SMILES string of the molecule is COC(=O)N1CCCC(Nc2cnc3[nH]ccc3n2)C1. The zero-order chi connectivity index (χ0) is 13.9. The molecule has 0 bridgehead atoms. The molecule has 106 valence electrons. The second-order valence-corrected chi connectivity index (χ2v) is 4.87. The summed E-state index contributed by atoms with van der Waals surface area (Å²) in [5.41, 5.74) is 1.60. The molecule has 0 aromatic carbocycles. The van der Waals surface area contributed by atoms with Crippen LogP contribution >= 0.6 is 0 Å². The summed E-state index contributed by atoms with van der Waals surface area (Å²) < 4.78 is 4.76. The fourth-order valence-corrected chi connectivity index (χ4v) is 2.50. The molecule has 7 heteroatoms. The van der Waals surface area contributed by atoms with Gasteiger partial charge >= 0.3 is 6.09 Å². The topological polar surface area (TPSA) is 83.1 Å². The number of carbonyl (C=O) groups is 1. The van der Waals surface area contributed by atoms with Crippen molar-refractivity contribution in [3.8, 4) is 0 Å². The number of likely N-dealkylation sites (tertiary alicyclic amines) is 1. The number of methoxy groups -OCH3 is 1. The predicted molar refractivity (Wildman–Crippen MR) is 74.5 cm³/mol. The van der Waals surface area contributed by atoms with Gasteiger partial charge in [-0.2, -0.15) is 0 Å². The third-order valence-electron chi connectivity index (χ3n) is 3.47. The lowest BCUT2D eigenvalue weighted by molar-refractivity contribution is 0.113. The van der Waals surface area contributed by atoms with Crippen molar-refractivity contribution in [1.29, 1.82) is 0 Å². The van der Waals surface area contributed by atoms with E-state index in [9.17, 15) is 4.79 Å². The van der Waals surface area contributed by atoms with Gasteiger partial charge in [-0.1, -0.05) is 0 Å². The first-order chi connectivity index (χ1) is 9.76. The van der Waals surface area contributed by atoms with Crippen LogP contribution in [-0.2, 0) is 4.74 Å². The molecule has 1 saturated heterocycles. The van der Waals surface area contributed by atoms with Crippen LogP contribution in [0.4, 0.5) is 10.6 Å². The first-order valence-corrected chi connectivity index (χ1v) is 6.66. The Morgan fingerprint density at radius 2 is 2.50 bits per heavy atom. The Morgan fingerprint density at radius 1 is 1.60 bits per heavy atom. The molecule has 1 unspecified atom stereocenters. The van der Waals surface area contributed by atoms with Gasteiger partial charge in [0.25, 0.3) is 0 Å². The maximum absolute atomic E-state index is 11.5. The van der Waals surface area contributed by atoms with E-state index in [-0.39, 0.29) is 12.1 Å². The van der Waals surface area contributed by atoms with Gasteiger partial charge in [-0.3, -0.25) is 0 Å². The van der Waals surface area contributed by atoms with E-state index in [2.05, 4.69) is 20.3 Å². The Labute approximate surface area is 116 Å².